The Kier molecular flexibility index (Phi) is 8.40. The first-order valence-electron chi connectivity index (χ1n) is 11.9. The minimum atomic E-state index is -0.523. The fourth-order valence-electron chi connectivity index (χ4n) is 4.95. The average Bonchev–Trinajstić information content (AvgIpc) is 3.17. The number of aromatic hydroxyl groups is 1. The first kappa shape index (κ1) is 25.1. The summed E-state index contributed by atoms with van der Waals surface area (Å²) in [7, 11) is 1.47. The zero-order valence-electron chi connectivity index (χ0n) is 20.5. The van der Waals surface area contributed by atoms with Gasteiger partial charge in [-0.2, -0.15) is 0 Å². The van der Waals surface area contributed by atoms with Gasteiger partial charge in [0.05, 0.1) is 7.11 Å². The predicted octanol–water partition coefficient (Wildman–Crippen LogP) is 4.45. The highest BCUT2D eigenvalue weighted by molar-refractivity contribution is 5.98. The van der Waals surface area contributed by atoms with Gasteiger partial charge in [-0.25, -0.2) is 4.79 Å². The largest absolute Gasteiger partial charge is 0.504 e. The maximum absolute atomic E-state index is 12.2. The van der Waals surface area contributed by atoms with Crippen LogP contribution in [0.25, 0.3) is 0 Å². The van der Waals surface area contributed by atoms with E-state index in [0.717, 1.165) is 23.2 Å². The van der Waals surface area contributed by atoms with E-state index in [9.17, 15) is 14.7 Å². The van der Waals surface area contributed by atoms with Crippen LogP contribution in [-0.4, -0.2) is 54.3 Å². The molecule has 0 aliphatic carbocycles. The van der Waals surface area contributed by atoms with Crippen molar-refractivity contribution in [1.29, 1.82) is 0 Å². The lowest BCUT2D eigenvalue weighted by Crippen LogP contribution is -2.45. The number of carbonyl (C=O) groups is 2. The molecular weight excluding hydrogens is 422 g/mol. The van der Waals surface area contributed by atoms with Crippen LogP contribution in [0, 0.1) is 6.92 Å². The van der Waals surface area contributed by atoms with Crippen molar-refractivity contribution >= 4 is 11.9 Å². The fourth-order valence-corrected chi connectivity index (χ4v) is 4.95. The third-order valence-corrected chi connectivity index (χ3v) is 7.06. The molecule has 2 heterocycles. The molecule has 0 radical (unpaired) electrons. The minimum absolute atomic E-state index is 0.161. The minimum Gasteiger partial charge on any atom is -0.504 e. The molecule has 0 amide bonds. The summed E-state index contributed by atoms with van der Waals surface area (Å²) >= 11 is 0. The number of phenolic OH excluding ortho intramolecular Hbond substituents is 1. The van der Waals surface area contributed by atoms with Crippen molar-refractivity contribution in [1.82, 2.24) is 4.90 Å². The monoisotopic (exact) mass is 459 g/mol. The molecule has 2 atom stereocenters. The number of likely N-dealkylation sites (tertiary alicyclic amines) is 1. The number of fused-ring (bicyclic) bond motifs is 1. The number of nitrogens with zero attached hydrogens (tertiary/aromatic N) is 1. The number of hydrogen-bond acceptors (Lipinski definition) is 7. The van der Waals surface area contributed by atoms with Gasteiger partial charge < -0.3 is 19.3 Å². The lowest BCUT2D eigenvalue weighted by atomic mass is 9.93. The maximum atomic E-state index is 12.2. The highest BCUT2D eigenvalue weighted by Gasteiger charge is 2.32. The molecule has 1 N–H and O–H groups in total. The van der Waals surface area contributed by atoms with Crippen LogP contribution >= 0.6 is 0 Å². The highest BCUT2D eigenvalue weighted by Crippen LogP contribution is 2.42. The Hall–Kier alpha value is -2.54. The molecule has 0 saturated carbocycles. The van der Waals surface area contributed by atoms with Gasteiger partial charge in [-0.05, 0) is 58.9 Å². The van der Waals surface area contributed by atoms with Crippen LogP contribution in [0.3, 0.4) is 0 Å². The molecular formula is C26H37NO6. The molecule has 0 unspecified atom stereocenters. The SMILES string of the molecule is COc1c(O)c2c(c(C)c1C/C=C(\C)CCC(=O)OCCN1[C@H](C)CCC[C@@H]1C)COC2=O. The van der Waals surface area contributed by atoms with Crippen molar-refractivity contribution in [3.8, 4) is 11.5 Å². The molecule has 0 bridgehead atoms. The Balaban J connectivity index is 1.52. The lowest BCUT2D eigenvalue weighted by Gasteiger charge is -2.38. The summed E-state index contributed by atoms with van der Waals surface area (Å²) in [4.78, 5) is 26.6. The number of rotatable bonds is 9. The Morgan fingerprint density at radius 3 is 2.61 bits per heavy atom. The molecule has 33 heavy (non-hydrogen) atoms. The average molecular weight is 460 g/mol. The summed E-state index contributed by atoms with van der Waals surface area (Å²) in [5.74, 6) is -0.568. The number of esters is 2. The van der Waals surface area contributed by atoms with E-state index < -0.39 is 5.97 Å². The van der Waals surface area contributed by atoms with Gasteiger partial charge in [-0.3, -0.25) is 9.69 Å². The van der Waals surface area contributed by atoms with E-state index >= 15 is 0 Å². The van der Waals surface area contributed by atoms with Crippen LogP contribution in [0.15, 0.2) is 11.6 Å². The second-order valence-electron chi connectivity index (χ2n) is 9.26. The second kappa shape index (κ2) is 11.1. The molecule has 7 nitrogen and oxygen atoms in total. The van der Waals surface area contributed by atoms with E-state index in [4.69, 9.17) is 14.2 Å². The van der Waals surface area contributed by atoms with Crippen molar-refractivity contribution in [3.05, 3.63) is 33.9 Å². The van der Waals surface area contributed by atoms with Gasteiger partial charge >= 0.3 is 11.9 Å². The Morgan fingerprint density at radius 1 is 1.24 bits per heavy atom. The normalized spacial score (nSPS) is 21.0. The molecule has 1 saturated heterocycles. The smallest absolute Gasteiger partial charge is 0.342 e. The van der Waals surface area contributed by atoms with E-state index in [1.807, 2.05) is 19.9 Å². The quantitative estimate of drug-likeness (QED) is 0.431. The number of methoxy groups -OCH3 is 1. The summed E-state index contributed by atoms with van der Waals surface area (Å²) in [6, 6.07) is 1.09. The number of hydrogen-bond donors (Lipinski definition) is 1. The summed E-state index contributed by atoms with van der Waals surface area (Å²) in [5.41, 5.74) is 3.66. The van der Waals surface area contributed by atoms with Crippen molar-refractivity contribution in [2.75, 3.05) is 20.3 Å². The summed E-state index contributed by atoms with van der Waals surface area (Å²) < 4.78 is 16.0. The molecule has 1 fully saturated rings. The molecule has 2 aliphatic rings. The number of benzene rings is 1. The predicted molar refractivity (Wildman–Crippen MR) is 126 cm³/mol. The third kappa shape index (κ3) is 5.69. The maximum Gasteiger partial charge on any atom is 0.342 e. The topological polar surface area (TPSA) is 85.3 Å². The van der Waals surface area contributed by atoms with E-state index in [2.05, 4.69) is 18.7 Å². The van der Waals surface area contributed by atoms with E-state index in [1.165, 1.54) is 26.4 Å². The molecule has 182 valence electrons. The van der Waals surface area contributed by atoms with Gasteiger partial charge in [0, 0.05) is 36.2 Å². The first-order valence-corrected chi connectivity index (χ1v) is 11.9. The van der Waals surface area contributed by atoms with Crippen molar-refractivity contribution < 1.29 is 28.9 Å². The number of allylic oxidation sites excluding steroid dienone is 2. The highest BCUT2D eigenvalue weighted by atomic mass is 16.5. The number of cyclic esters (lactones) is 1. The van der Waals surface area contributed by atoms with Gasteiger partial charge in [0.2, 0.25) is 0 Å². The molecule has 1 aromatic carbocycles. The van der Waals surface area contributed by atoms with E-state index in [0.29, 0.717) is 49.3 Å². The lowest BCUT2D eigenvalue weighted by molar-refractivity contribution is -0.144. The standard InChI is InChI=1S/C26H37NO6/c1-16(10-12-22(28)32-14-13-27-17(2)7-6-8-18(27)3)9-11-20-19(4)21-15-33-26(30)23(21)24(29)25(20)31-5/h9,17-18,29H,6-8,10-15H2,1-5H3/b16-9+/t17-,18+. The van der Waals surface area contributed by atoms with Gasteiger partial charge in [0.15, 0.2) is 11.5 Å². The van der Waals surface area contributed by atoms with Crippen LogP contribution in [0.2, 0.25) is 0 Å². The second-order valence-corrected chi connectivity index (χ2v) is 9.26. The zero-order valence-corrected chi connectivity index (χ0v) is 20.5. The van der Waals surface area contributed by atoms with Crippen molar-refractivity contribution in [3.63, 3.8) is 0 Å². The summed E-state index contributed by atoms with van der Waals surface area (Å²) in [6.45, 7) is 9.75. The molecule has 0 aromatic heterocycles. The van der Waals surface area contributed by atoms with Gasteiger partial charge in [0.1, 0.15) is 18.8 Å². The molecule has 0 spiro atoms. The Bertz CT molecular complexity index is 912. The number of carbonyl (C=O) groups excluding carboxylic acids is 2. The summed E-state index contributed by atoms with van der Waals surface area (Å²) in [6.07, 6.45) is 7.17. The zero-order chi connectivity index (χ0) is 24.1. The van der Waals surface area contributed by atoms with Gasteiger partial charge in [0.25, 0.3) is 0 Å². The number of ether oxygens (including phenoxy) is 3. The Morgan fingerprint density at radius 2 is 1.94 bits per heavy atom. The molecule has 7 heteroatoms. The molecule has 3 rings (SSSR count). The third-order valence-electron chi connectivity index (χ3n) is 7.06. The Labute approximate surface area is 196 Å². The van der Waals surface area contributed by atoms with Crippen molar-refractivity contribution in [2.24, 2.45) is 0 Å². The van der Waals surface area contributed by atoms with Gasteiger partial charge in [-0.1, -0.05) is 18.1 Å². The van der Waals surface area contributed by atoms with Crippen LogP contribution in [-0.2, 0) is 27.3 Å². The van der Waals surface area contributed by atoms with E-state index in [1.54, 1.807) is 0 Å². The van der Waals surface area contributed by atoms with Crippen LogP contribution in [0.5, 0.6) is 11.5 Å². The molecule has 2 aliphatic heterocycles. The number of phenols is 1. The summed E-state index contributed by atoms with van der Waals surface area (Å²) in [5, 5.41) is 10.5. The van der Waals surface area contributed by atoms with Crippen LogP contribution in [0.4, 0.5) is 0 Å². The van der Waals surface area contributed by atoms with Crippen LogP contribution in [0.1, 0.15) is 79.9 Å². The number of piperidine rings is 1. The first-order chi connectivity index (χ1) is 15.7. The fraction of sp³-hybridized carbons (Fsp3) is 0.615. The van der Waals surface area contributed by atoms with Crippen molar-refractivity contribution in [2.45, 2.75) is 84.9 Å². The molecule has 1 aromatic rings. The van der Waals surface area contributed by atoms with E-state index in [-0.39, 0.29) is 23.9 Å². The van der Waals surface area contributed by atoms with Crippen LogP contribution < -0.4 is 4.74 Å². The van der Waals surface area contributed by atoms with Gasteiger partial charge in [-0.15, -0.1) is 0 Å².